The Morgan fingerprint density at radius 2 is 2.06 bits per heavy atom. The fourth-order valence-corrected chi connectivity index (χ4v) is 1.31. The molecule has 17 heavy (non-hydrogen) atoms. The van der Waals surface area contributed by atoms with Crippen LogP contribution in [0.15, 0.2) is 40.9 Å². The van der Waals surface area contributed by atoms with Gasteiger partial charge in [0, 0.05) is 6.07 Å². The molecule has 0 fully saturated rings. The first-order valence-electron chi connectivity index (χ1n) is 5.08. The molecule has 0 N–H and O–H groups in total. The molecule has 1 heterocycles. The number of rotatable bonds is 3. The van der Waals surface area contributed by atoms with E-state index in [0.29, 0.717) is 5.76 Å². The molecule has 86 valence electrons. The highest BCUT2D eigenvalue weighted by molar-refractivity contribution is 5.87. The van der Waals surface area contributed by atoms with Crippen LogP contribution in [0.25, 0.3) is 12.2 Å². The Hall–Kier alpha value is -2.36. The minimum Gasteiger partial charge on any atom is -0.464 e. The van der Waals surface area contributed by atoms with Gasteiger partial charge in [-0.15, -0.1) is 0 Å². The third kappa shape index (κ3) is 2.81. The standard InChI is InChI=1S/C13H11NO3/c1-16-13(15)12-9-11(17-14-12)8-7-10-5-3-2-4-6-10/h2-9H,1H3/b8-7-. The molecular weight excluding hydrogens is 218 g/mol. The summed E-state index contributed by atoms with van der Waals surface area (Å²) < 4.78 is 9.50. The summed E-state index contributed by atoms with van der Waals surface area (Å²) >= 11 is 0. The fourth-order valence-electron chi connectivity index (χ4n) is 1.31. The number of carbonyl (C=O) groups excluding carboxylic acids is 1. The van der Waals surface area contributed by atoms with Gasteiger partial charge in [0.05, 0.1) is 7.11 Å². The maximum Gasteiger partial charge on any atom is 0.360 e. The Bertz CT molecular complexity index is 529. The van der Waals surface area contributed by atoms with E-state index in [2.05, 4.69) is 9.89 Å². The van der Waals surface area contributed by atoms with Crippen LogP contribution < -0.4 is 0 Å². The first-order chi connectivity index (χ1) is 8.29. The third-order valence-corrected chi connectivity index (χ3v) is 2.16. The Labute approximate surface area is 98.5 Å². The normalized spacial score (nSPS) is 10.6. The lowest BCUT2D eigenvalue weighted by molar-refractivity contribution is 0.0589. The van der Waals surface area contributed by atoms with Crippen molar-refractivity contribution in [2.45, 2.75) is 0 Å². The fraction of sp³-hybridized carbons (Fsp3) is 0.0769. The van der Waals surface area contributed by atoms with Gasteiger partial charge in [-0.05, 0) is 11.6 Å². The van der Waals surface area contributed by atoms with E-state index in [-0.39, 0.29) is 5.69 Å². The molecule has 4 heteroatoms. The molecule has 0 aliphatic rings. The molecule has 0 radical (unpaired) electrons. The molecule has 2 rings (SSSR count). The minimum atomic E-state index is -0.506. The second-order valence-corrected chi connectivity index (χ2v) is 3.35. The van der Waals surface area contributed by atoms with E-state index in [0.717, 1.165) is 5.56 Å². The summed E-state index contributed by atoms with van der Waals surface area (Å²) in [6.07, 6.45) is 3.62. The predicted molar refractivity (Wildman–Crippen MR) is 63.2 cm³/mol. The lowest BCUT2D eigenvalue weighted by Crippen LogP contribution is -2.00. The maximum atomic E-state index is 11.1. The van der Waals surface area contributed by atoms with Gasteiger partial charge in [-0.1, -0.05) is 41.6 Å². The second kappa shape index (κ2) is 5.12. The second-order valence-electron chi connectivity index (χ2n) is 3.35. The molecule has 0 unspecified atom stereocenters. The average Bonchev–Trinajstić information content (AvgIpc) is 2.85. The van der Waals surface area contributed by atoms with Crippen molar-refractivity contribution in [2.24, 2.45) is 0 Å². The van der Waals surface area contributed by atoms with Crippen LogP contribution in [0, 0.1) is 0 Å². The van der Waals surface area contributed by atoms with Crippen LogP contribution in [0.2, 0.25) is 0 Å². The Balaban J connectivity index is 2.12. The van der Waals surface area contributed by atoms with Gasteiger partial charge in [0.25, 0.3) is 0 Å². The SMILES string of the molecule is COC(=O)c1cc(/C=C\c2ccccc2)on1. The summed E-state index contributed by atoms with van der Waals surface area (Å²) in [4.78, 5) is 11.1. The highest BCUT2D eigenvalue weighted by atomic mass is 16.5. The van der Waals surface area contributed by atoms with Crippen LogP contribution in [-0.4, -0.2) is 18.2 Å². The van der Waals surface area contributed by atoms with E-state index in [1.54, 1.807) is 6.08 Å². The molecule has 2 aromatic rings. The first-order valence-corrected chi connectivity index (χ1v) is 5.08. The van der Waals surface area contributed by atoms with E-state index >= 15 is 0 Å². The predicted octanol–water partition coefficient (Wildman–Crippen LogP) is 2.63. The van der Waals surface area contributed by atoms with Crippen LogP contribution >= 0.6 is 0 Å². The van der Waals surface area contributed by atoms with Crippen LogP contribution in [0.1, 0.15) is 21.8 Å². The zero-order valence-electron chi connectivity index (χ0n) is 9.29. The van der Waals surface area contributed by atoms with Crippen LogP contribution in [0.3, 0.4) is 0 Å². The van der Waals surface area contributed by atoms with Crippen LogP contribution in [0.5, 0.6) is 0 Å². The Morgan fingerprint density at radius 3 is 2.76 bits per heavy atom. The van der Waals surface area contributed by atoms with Crippen molar-refractivity contribution in [3.63, 3.8) is 0 Å². The molecule has 0 aliphatic carbocycles. The smallest absolute Gasteiger partial charge is 0.360 e. The third-order valence-electron chi connectivity index (χ3n) is 2.16. The average molecular weight is 229 g/mol. The summed E-state index contributed by atoms with van der Waals surface area (Å²) in [7, 11) is 1.30. The van der Waals surface area contributed by atoms with Crippen molar-refractivity contribution in [1.82, 2.24) is 5.16 Å². The van der Waals surface area contributed by atoms with E-state index in [1.807, 2.05) is 36.4 Å². The minimum absolute atomic E-state index is 0.167. The molecule has 1 aromatic heterocycles. The summed E-state index contributed by atoms with van der Waals surface area (Å²) in [6, 6.07) is 11.3. The van der Waals surface area contributed by atoms with E-state index in [9.17, 15) is 4.79 Å². The summed E-state index contributed by atoms with van der Waals surface area (Å²) in [5.41, 5.74) is 1.21. The highest BCUT2D eigenvalue weighted by Crippen LogP contribution is 2.10. The number of esters is 1. The van der Waals surface area contributed by atoms with Gasteiger partial charge in [-0.3, -0.25) is 0 Å². The number of carbonyl (C=O) groups is 1. The molecule has 4 nitrogen and oxygen atoms in total. The van der Waals surface area contributed by atoms with E-state index in [1.165, 1.54) is 13.2 Å². The molecule has 0 saturated carbocycles. The van der Waals surface area contributed by atoms with Crippen LogP contribution in [0.4, 0.5) is 0 Å². The summed E-state index contributed by atoms with van der Waals surface area (Å²) in [5.74, 6) is 0.00219. The molecule has 0 amide bonds. The number of hydrogen-bond acceptors (Lipinski definition) is 4. The van der Waals surface area contributed by atoms with Gasteiger partial charge < -0.3 is 9.26 Å². The molecule has 0 atom stereocenters. The molecule has 0 saturated heterocycles. The van der Waals surface area contributed by atoms with E-state index < -0.39 is 5.97 Å². The van der Waals surface area contributed by atoms with Crippen molar-refractivity contribution >= 4 is 18.1 Å². The van der Waals surface area contributed by atoms with Gasteiger partial charge in [0.1, 0.15) is 0 Å². The number of benzene rings is 1. The lowest BCUT2D eigenvalue weighted by Gasteiger charge is -1.89. The maximum absolute atomic E-state index is 11.1. The van der Waals surface area contributed by atoms with Crippen molar-refractivity contribution in [2.75, 3.05) is 7.11 Å². The molecule has 0 spiro atoms. The Kier molecular flexibility index (Phi) is 3.35. The summed E-state index contributed by atoms with van der Waals surface area (Å²) in [5, 5.41) is 3.60. The van der Waals surface area contributed by atoms with Crippen molar-refractivity contribution in [3.05, 3.63) is 53.4 Å². The number of nitrogens with zero attached hydrogens (tertiary/aromatic N) is 1. The van der Waals surface area contributed by atoms with Gasteiger partial charge in [-0.2, -0.15) is 0 Å². The number of methoxy groups -OCH3 is 1. The van der Waals surface area contributed by atoms with Crippen molar-refractivity contribution in [3.8, 4) is 0 Å². The van der Waals surface area contributed by atoms with E-state index in [4.69, 9.17) is 4.52 Å². The van der Waals surface area contributed by atoms with Gasteiger partial charge in [0.2, 0.25) is 0 Å². The van der Waals surface area contributed by atoms with Crippen LogP contribution in [-0.2, 0) is 4.74 Å². The topological polar surface area (TPSA) is 52.3 Å². The number of hydrogen-bond donors (Lipinski definition) is 0. The first kappa shape index (κ1) is 11.1. The zero-order valence-corrected chi connectivity index (χ0v) is 9.29. The largest absolute Gasteiger partial charge is 0.464 e. The molecule has 0 aliphatic heterocycles. The zero-order chi connectivity index (χ0) is 12.1. The summed E-state index contributed by atoms with van der Waals surface area (Å²) in [6.45, 7) is 0. The quantitative estimate of drug-likeness (QED) is 0.759. The van der Waals surface area contributed by atoms with Gasteiger partial charge >= 0.3 is 5.97 Å². The highest BCUT2D eigenvalue weighted by Gasteiger charge is 2.10. The molecule has 1 aromatic carbocycles. The molecular formula is C13H11NO3. The molecule has 0 bridgehead atoms. The van der Waals surface area contributed by atoms with Crippen molar-refractivity contribution in [1.29, 1.82) is 0 Å². The number of ether oxygens (including phenoxy) is 1. The van der Waals surface area contributed by atoms with Gasteiger partial charge in [0.15, 0.2) is 11.5 Å². The monoisotopic (exact) mass is 229 g/mol. The van der Waals surface area contributed by atoms with Crippen molar-refractivity contribution < 1.29 is 14.1 Å². The van der Waals surface area contributed by atoms with Gasteiger partial charge in [-0.25, -0.2) is 4.79 Å². The number of aromatic nitrogens is 1. The lowest BCUT2D eigenvalue weighted by atomic mass is 10.2. The Morgan fingerprint density at radius 1 is 1.29 bits per heavy atom.